The molecule has 0 amide bonds. The van der Waals surface area contributed by atoms with Crippen molar-refractivity contribution in [2.45, 2.75) is 26.3 Å². The van der Waals surface area contributed by atoms with Crippen LogP contribution in [0, 0.1) is 13.8 Å². The largest absolute Gasteiger partial charge is 0.322 e. The fourth-order valence-corrected chi connectivity index (χ4v) is 1.92. The molecule has 2 N–H and O–H groups in total. The fraction of sp³-hybridized carbons (Fsp3) is 0.385. The van der Waals surface area contributed by atoms with Gasteiger partial charge in [-0.2, -0.15) is 0 Å². The Hall–Kier alpha value is -1.68. The molecule has 1 aromatic heterocycles. The Bertz CT molecular complexity index is 516. The lowest BCUT2D eigenvalue weighted by molar-refractivity contribution is 0.606. The number of benzene rings is 1. The van der Waals surface area contributed by atoms with Crippen molar-refractivity contribution < 1.29 is 0 Å². The Morgan fingerprint density at radius 2 is 2.06 bits per heavy atom. The highest BCUT2D eigenvalue weighted by molar-refractivity contribution is 5.30. The molecule has 0 radical (unpaired) electrons. The molecule has 4 heteroatoms. The molecule has 0 fully saturated rings. The smallest absolute Gasteiger partial charge is 0.0754 e. The predicted octanol–water partition coefficient (Wildman–Crippen LogP) is 1.67. The van der Waals surface area contributed by atoms with Gasteiger partial charge in [0.15, 0.2) is 0 Å². The second kappa shape index (κ2) is 4.67. The summed E-state index contributed by atoms with van der Waals surface area (Å²) in [6.45, 7) is 4.24. The van der Waals surface area contributed by atoms with Gasteiger partial charge in [0.2, 0.25) is 0 Å². The lowest BCUT2D eigenvalue weighted by Crippen LogP contribution is -2.17. The Balaban J connectivity index is 2.16. The molecule has 2 aromatic rings. The summed E-state index contributed by atoms with van der Waals surface area (Å²) in [4.78, 5) is 0. The van der Waals surface area contributed by atoms with E-state index in [1.807, 2.05) is 7.05 Å². The lowest BCUT2D eigenvalue weighted by Gasteiger charge is -2.12. The van der Waals surface area contributed by atoms with E-state index in [0.717, 1.165) is 12.1 Å². The Morgan fingerprint density at radius 1 is 1.29 bits per heavy atom. The Morgan fingerprint density at radius 3 is 2.65 bits per heavy atom. The maximum atomic E-state index is 6.16. The van der Waals surface area contributed by atoms with Crippen molar-refractivity contribution in [3.05, 3.63) is 46.8 Å². The summed E-state index contributed by atoms with van der Waals surface area (Å²) in [5, 5.41) is 7.75. The van der Waals surface area contributed by atoms with Crippen LogP contribution in [0.5, 0.6) is 0 Å². The topological polar surface area (TPSA) is 56.7 Å². The summed E-state index contributed by atoms with van der Waals surface area (Å²) in [6.07, 6.45) is 2.54. The van der Waals surface area contributed by atoms with Crippen molar-refractivity contribution >= 4 is 0 Å². The minimum Gasteiger partial charge on any atom is -0.322 e. The van der Waals surface area contributed by atoms with Gasteiger partial charge in [-0.25, -0.2) is 0 Å². The second-order valence-electron chi connectivity index (χ2n) is 4.51. The van der Waals surface area contributed by atoms with Gasteiger partial charge in [0, 0.05) is 7.05 Å². The van der Waals surface area contributed by atoms with E-state index in [1.165, 1.54) is 16.7 Å². The van der Waals surface area contributed by atoms with E-state index in [1.54, 1.807) is 10.9 Å². The van der Waals surface area contributed by atoms with Crippen molar-refractivity contribution in [1.29, 1.82) is 0 Å². The van der Waals surface area contributed by atoms with Crippen molar-refractivity contribution in [2.24, 2.45) is 12.8 Å². The van der Waals surface area contributed by atoms with E-state index in [0.29, 0.717) is 0 Å². The third kappa shape index (κ3) is 2.53. The maximum Gasteiger partial charge on any atom is 0.0754 e. The molecule has 0 spiro atoms. The first-order valence-corrected chi connectivity index (χ1v) is 5.74. The highest BCUT2D eigenvalue weighted by Gasteiger charge is 2.11. The molecule has 0 aliphatic carbocycles. The number of nitrogens with zero attached hydrogens (tertiary/aromatic N) is 3. The molecule has 17 heavy (non-hydrogen) atoms. The Labute approximate surface area is 101 Å². The van der Waals surface area contributed by atoms with Crippen LogP contribution in [0.1, 0.15) is 28.4 Å². The average molecular weight is 230 g/mol. The van der Waals surface area contributed by atoms with Crippen molar-refractivity contribution in [2.75, 3.05) is 0 Å². The van der Waals surface area contributed by atoms with E-state index in [2.05, 4.69) is 42.4 Å². The number of hydrogen-bond acceptors (Lipinski definition) is 3. The second-order valence-corrected chi connectivity index (χ2v) is 4.51. The zero-order chi connectivity index (χ0) is 12.4. The minimum absolute atomic E-state index is 0.0582. The highest BCUT2D eigenvalue weighted by Crippen LogP contribution is 2.17. The molecule has 0 aliphatic rings. The zero-order valence-corrected chi connectivity index (χ0v) is 10.5. The molecule has 1 heterocycles. The monoisotopic (exact) mass is 230 g/mol. The molecule has 4 nitrogen and oxygen atoms in total. The first-order valence-electron chi connectivity index (χ1n) is 5.74. The molecule has 0 saturated carbocycles. The summed E-state index contributed by atoms with van der Waals surface area (Å²) in [5.41, 5.74) is 11.0. The first-order chi connectivity index (χ1) is 8.08. The third-order valence-electron chi connectivity index (χ3n) is 3.16. The van der Waals surface area contributed by atoms with Crippen LogP contribution in [-0.2, 0) is 13.5 Å². The van der Waals surface area contributed by atoms with E-state index >= 15 is 0 Å². The Kier molecular flexibility index (Phi) is 3.24. The van der Waals surface area contributed by atoms with Crippen LogP contribution in [0.15, 0.2) is 24.4 Å². The van der Waals surface area contributed by atoms with Gasteiger partial charge >= 0.3 is 0 Å². The van der Waals surface area contributed by atoms with Crippen molar-refractivity contribution in [3.8, 4) is 0 Å². The van der Waals surface area contributed by atoms with Crippen molar-refractivity contribution in [3.63, 3.8) is 0 Å². The van der Waals surface area contributed by atoms with Gasteiger partial charge in [0.25, 0.3) is 0 Å². The van der Waals surface area contributed by atoms with E-state index in [4.69, 9.17) is 5.73 Å². The minimum atomic E-state index is -0.0582. The molecular formula is C13H18N4. The van der Waals surface area contributed by atoms with Gasteiger partial charge in [0.05, 0.1) is 17.9 Å². The molecule has 2 rings (SSSR count). The lowest BCUT2D eigenvalue weighted by atomic mass is 10.00. The molecule has 0 aliphatic heterocycles. The molecule has 90 valence electrons. The molecule has 0 bridgehead atoms. The van der Waals surface area contributed by atoms with Crippen LogP contribution in [0.2, 0.25) is 0 Å². The molecular weight excluding hydrogens is 212 g/mol. The normalized spacial score (nSPS) is 12.7. The van der Waals surface area contributed by atoms with Gasteiger partial charge in [-0.3, -0.25) is 4.68 Å². The van der Waals surface area contributed by atoms with E-state index in [-0.39, 0.29) is 6.04 Å². The quantitative estimate of drug-likeness (QED) is 0.872. The summed E-state index contributed by atoms with van der Waals surface area (Å²) in [5.74, 6) is 0. The molecule has 0 saturated heterocycles. The summed E-state index contributed by atoms with van der Waals surface area (Å²) in [7, 11) is 1.86. The first kappa shape index (κ1) is 11.8. The summed E-state index contributed by atoms with van der Waals surface area (Å²) >= 11 is 0. The maximum absolute atomic E-state index is 6.16. The number of nitrogens with two attached hydrogens (primary N) is 1. The number of rotatable bonds is 3. The predicted molar refractivity (Wildman–Crippen MR) is 67.6 cm³/mol. The standard InChI is InChI=1S/C13H18N4/c1-9-4-5-11(6-10(9)2)7-12(14)13-8-15-16-17(13)3/h4-6,8,12H,7,14H2,1-3H3. The fourth-order valence-electron chi connectivity index (χ4n) is 1.92. The van der Waals surface area contributed by atoms with E-state index in [9.17, 15) is 0 Å². The molecule has 1 atom stereocenters. The SMILES string of the molecule is Cc1ccc(CC(N)c2cnnn2C)cc1C. The van der Waals surface area contributed by atoms with Crippen LogP contribution < -0.4 is 5.73 Å². The number of aromatic nitrogens is 3. The summed E-state index contributed by atoms with van der Waals surface area (Å²) in [6, 6.07) is 6.40. The van der Waals surface area contributed by atoms with Gasteiger partial charge < -0.3 is 5.73 Å². The van der Waals surface area contributed by atoms with Crippen LogP contribution in [0.3, 0.4) is 0 Å². The van der Waals surface area contributed by atoms with Gasteiger partial charge in [-0.1, -0.05) is 23.4 Å². The molecule has 1 unspecified atom stereocenters. The summed E-state index contributed by atoms with van der Waals surface area (Å²) < 4.78 is 1.73. The van der Waals surface area contributed by atoms with E-state index < -0.39 is 0 Å². The van der Waals surface area contributed by atoms with Gasteiger partial charge in [-0.15, -0.1) is 5.10 Å². The number of hydrogen-bond donors (Lipinski definition) is 1. The highest BCUT2D eigenvalue weighted by atomic mass is 15.4. The zero-order valence-electron chi connectivity index (χ0n) is 10.5. The van der Waals surface area contributed by atoms with Crippen molar-refractivity contribution in [1.82, 2.24) is 15.0 Å². The van der Waals surface area contributed by atoms with Crippen LogP contribution >= 0.6 is 0 Å². The number of aryl methyl sites for hydroxylation is 3. The van der Waals surface area contributed by atoms with Crippen LogP contribution in [0.4, 0.5) is 0 Å². The van der Waals surface area contributed by atoms with Gasteiger partial charge in [-0.05, 0) is 37.0 Å². The average Bonchev–Trinajstić information content (AvgIpc) is 2.70. The van der Waals surface area contributed by atoms with Gasteiger partial charge in [0.1, 0.15) is 0 Å². The molecule has 1 aromatic carbocycles. The third-order valence-corrected chi connectivity index (χ3v) is 3.16. The van der Waals surface area contributed by atoms with Crippen LogP contribution in [-0.4, -0.2) is 15.0 Å². The van der Waals surface area contributed by atoms with Crippen LogP contribution in [0.25, 0.3) is 0 Å².